The van der Waals surface area contributed by atoms with Crippen LogP contribution in [0.1, 0.15) is 55.4 Å². The first-order chi connectivity index (χ1) is 19.5. The topological polar surface area (TPSA) is 35.5 Å². The van der Waals surface area contributed by atoms with Gasteiger partial charge >= 0.3 is 0 Å². The lowest BCUT2D eigenvalue weighted by Crippen LogP contribution is -2.50. The van der Waals surface area contributed by atoms with Crippen molar-refractivity contribution in [3.05, 3.63) is 60.7 Å². The molecule has 2 unspecified atom stereocenters. The van der Waals surface area contributed by atoms with Gasteiger partial charge in [-0.3, -0.25) is 4.79 Å². The predicted octanol–water partition coefficient (Wildman–Crippen LogP) is 9.55. The number of carbonyl (C=O) groups excluding carboxylic acids is 1. The normalized spacial score (nSPS) is 14.8. The minimum Gasteiger partial charge on any atom is -0.515 e. The van der Waals surface area contributed by atoms with E-state index >= 15 is 0 Å². The molecule has 0 spiro atoms. The summed E-state index contributed by atoms with van der Waals surface area (Å²) in [5, 5.41) is 2.71. The van der Waals surface area contributed by atoms with Crippen LogP contribution in [0.3, 0.4) is 0 Å². The second kappa shape index (κ2) is 18.4. The third-order valence-corrected chi connectivity index (χ3v) is 30.2. The van der Waals surface area contributed by atoms with Crippen molar-refractivity contribution in [1.82, 2.24) is 0 Å². The molecule has 41 heavy (non-hydrogen) atoms. The van der Waals surface area contributed by atoms with Gasteiger partial charge in [0.05, 0.1) is 16.1 Å². The SMILES string of the molecule is CCO[Si](C)(CC[Si](CC)(CC)CC)c1ccccc1.CC[Si](CC)(CC)CC[Si](C)(OC(C)=O)c1ccccc1. The predicted molar refractivity (Wildman–Crippen MR) is 192 cm³/mol. The zero-order valence-electron chi connectivity index (χ0n) is 28.3. The van der Waals surface area contributed by atoms with Gasteiger partial charge in [-0.05, 0) is 42.5 Å². The Morgan fingerprint density at radius 2 is 0.902 bits per heavy atom. The van der Waals surface area contributed by atoms with Gasteiger partial charge in [-0.1, -0.05) is 151 Å². The molecule has 0 heterocycles. The summed E-state index contributed by atoms with van der Waals surface area (Å²) in [6, 6.07) is 34.7. The van der Waals surface area contributed by atoms with Crippen LogP contribution in [0.25, 0.3) is 0 Å². The van der Waals surface area contributed by atoms with Gasteiger partial charge in [0, 0.05) is 13.5 Å². The van der Waals surface area contributed by atoms with Crippen LogP contribution in [-0.2, 0) is 13.6 Å². The van der Waals surface area contributed by atoms with Crippen molar-refractivity contribution in [1.29, 1.82) is 0 Å². The molecule has 0 saturated heterocycles. The molecule has 0 radical (unpaired) electrons. The van der Waals surface area contributed by atoms with Gasteiger partial charge in [-0.15, -0.1) is 0 Å². The molecule has 232 valence electrons. The summed E-state index contributed by atoms with van der Waals surface area (Å²) in [5.41, 5.74) is 0. The van der Waals surface area contributed by atoms with Gasteiger partial charge in [0.15, 0.2) is 0 Å². The molecule has 0 aliphatic rings. The average molecular weight is 631 g/mol. The highest BCUT2D eigenvalue weighted by Gasteiger charge is 2.38. The molecule has 0 saturated carbocycles. The van der Waals surface area contributed by atoms with Gasteiger partial charge in [0.25, 0.3) is 14.3 Å². The van der Waals surface area contributed by atoms with Gasteiger partial charge in [-0.2, -0.15) is 0 Å². The van der Waals surface area contributed by atoms with Crippen LogP contribution in [0.2, 0.25) is 73.5 Å². The molecule has 2 rings (SSSR count). The first-order valence-electron chi connectivity index (χ1n) is 16.4. The fourth-order valence-corrected chi connectivity index (χ4v) is 23.7. The Kier molecular flexibility index (Phi) is 17.0. The summed E-state index contributed by atoms with van der Waals surface area (Å²) < 4.78 is 12.2. The van der Waals surface area contributed by atoms with Gasteiger partial charge < -0.3 is 8.85 Å². The Morgan fingerprint density at radius 3 is 1.22 bits per heavy atom. The number of hydrogen-bond donors (Lipinski definition) is 0. The fraction of sp³-hybridized carbons (Fsp3) is 0.618. The first kappa shape index (κ1) is 37.8. The summed E-state index contributed by atoms with van der Waals surface area (Å²) in [7, 11) is -6.11. The van der Waals surface area contributed by atoms with Crippen LogP contribution in [0.5, 0.6) is 0 Å². The van der Waals surface area contributed by atoms with Crippen LogP contribution in [-0.4, -0.2) is 45.4 Å². The average Bonchev–Trinajstić information content (AvgIpc) is 3.00. The molecular weight excluding hydrogens is 569 g/mol. The van der Waals surface area contributed by atoms with Crippen molar-refractivity contribution in [2.75, 3.05) is 6.61 Å². The summed E-state index contributed by atoms with van der Waals surface area (Å²) in [6.07, 6.45) is 0. The molecule has 0 N–H and O–H groups in total. The molecule has 2 aromatic carbocycles. The lowest BCUT2D eigenvalue weighted by Gasteiger charge is -2.34. The Balaban J connectivity index is 0.000000410. The largest absolute Gasteiger partial charge is 0.515 e. The van der Waals surface area contributed by atoms with Crippen LogP contribution in [0, 0.1) is 0 Å². The molecule has 7 heteroatoms. The Morgan fingerprint density at radius 1 is 0.561 bits per heavy atom. The summed E-state index contributed by atoms with van der Waals surface area (Å²) in [6.45, 7) is 23.4. The second-order valence-electron chi connectivity index (χ2n) is 12.3. The van der Waals surface area contributed by atoms with Crippen molar-refractivity contribution in [3.8, 4) is 0 Å². The van der Waals surface area contributed by atoms with Crippen LogP contribution in [0.4, 0.5) is 0 Å². The third-order valence-electron chi connectivity index (χ3n) is 10.4. The van der Waals surface area contributed by atoms with Crippen molar-refractivity contribution in [2.45, 2.75) is 129 Å². The standard InChI is InChI=1S/C17H30O2Si2.C17H32OSi2/c1-6-21(7-2,8-3)15-14-20(5,19-16(4)18)17-12-10-9-11-13-17;1-6-18-19(5,17-13-11-10-12-14-17)15-16-20(7-2,8-3)9-4/h9-13H,6-8,14-15H2,1-5H3;10-14H,6-9,15-16H2,1-5H3. The highest BCUT2D eigenvalue weighted by molar-refractivity contribution is 6.89. The summed E-state index contributed by atoms with van der Waals surface area (Å²) >= 11 is 0. The first-order valence-corrected chi connectivity index (χ1v) is 27.3. The molecule has 0 aliphatic heterocycles. The number of hydrogen-bond acceptors (Lipinski definition) is 3. The maximum absolute atomic E-state index is 11.6. The molecule has 0 amide bonds. The zero-order valence-corrected chi connectivity index (χ0v) is 32.3. The Hall–Kier alpha value is -1.26. The molecule has 0 bridgehead atoms. The van der Waals surface area contributed by atoms with E-state index in [0.29, 0.717) is 0 Å². The van der Waals surface area contributed by atoms with E-state index in [1.54, 1.807) is 6.92 Å². The second-order valence-corrected chi connectivity index (χ2v) is 31.2. The van der Waals surface area contributed by atoms with Crippen molar-refractivity contribution >= 4 is 49.1 Å². The van der Waals surface area contributed by atoms with Crippen molar-refractivity contribution in [3.63, 3.8) is 0 Å². The minimum absolute atomic E-state index is 0.134. The zero-order chi connectivity index (χ0) is 31.0. The molecule has 3 nitrogen and oxygen atoms in total. The maximum Gasteiger partial charge on any atom is 0.289 e. The highest BCUT2D eigenvalue weighted by Crippen LogP contribution is 2.31. The monoisotopic (exact) mass is 630 g/mol. The van der Waals surface area contributed by atoms with E-state index in [0.717, 1.165) is 12.7 Å². The van der Waals surface area contributed by atoms with Crippen molar-refractivity contribution in [2.24, 2.45) is 0 Å². The van der Waals surface area contributed by atoms with E-state index in [9.17, 15) is 4.79 Å². The van der Waals surface area contributed by atoms with E-state index in [2.05, 4.69) is 104 Å². The van der Waals surface area contributed by atoms with Gasteiger partial charge in [-0.25, -0.2) is 0 Å². The van der Waals surface area contributed by atoms with E-state index in [-0.39, 0.29) is 5.97 Å². The molecule has 2 aromatic rings. The van der Waals surface area contributed by atoms with Crippen LogP contribution in [0.15, 0.2) is 60.7 Å². The number of rotatable bonds is 17. The molecular formula is C34H62O3Si4. The van der Waals surface area contributed by atoms with E-state index in [1.165, 1.54) is 64.8 Å². The lowest BCUT2D eigenvalue weighted by molar-refractivity contribution is -0.132. The van der Waals surface area contributed by atoms with E-state index in [4.69, 9.17) is 8.85 Å². The van der Waals surface area contributed by atoms with Gasteiger partial charge in [0.2, 0.25) is 8.32 Å². The smallest absolute Gasteiger partial charge is 0.289 e. The minimum atomic E-state index is -2.16. The van der Waals surface area contributed by atoms with Crippen LogP contribution >= 0.6 is 0 Å². The molecule has 0 aliphatic carbocycles. The van der Waals surface area contributed by atoms with Crippen molar-refractivity contribution < 1.29 is 13.6 Å². The summed E-state index contributed by atoms with van der Waals surface area (Å²) in [5.74, 6) is -0.134. The van der Waals surface area contributed by atoms with E-state index in [1.807, 2.05) is 18.2 Å². The van der Waals surface area contributed by atoms with Gasteiger partial charge in [0.1, 0.15) is 0 Å². The fourth-order valence-electron chi connectivity index (χ4n) is 6.34. The van der Waals surface area contributed by atoms with E-state index < -0.39 is 32.8 Å². The number of benzene rings is 2. The third kappa shape index (κ3) is 11.4. The quantitative estimate of drug-likeness (QED) is 0.163. The molecule has 0 aromatic heterocycles. The Labute approximate surface area is 258 Å². The Bertz CT molecular complexity index is 963. The molecule has 0 fully saturated rings. The maximum atomic E-state index is 11.6. The summed E-state index contributed by atoms with van der Waals surface area (Å²) in [4.78, 5) is 11.6. The van der Waals surface area contributed by atoms with Crippen LogP contribution < -0.4 is 10.4 Å². The lowest BCUT2D eigenvalue weighted by atomic mass is 10.4. The highest BCUT2D eigenvalue weighted by atomic mass is 28.4. The number of carbonyl (C=O) groups is 1. The molecule has 2 atom stereocenters.